The van der Waals surface area contributed by atoms with Gasteiger partial charge in [0, 0.05) is 16.8 Å². The topological polar surface area (TPSA) is 50.5 Å². The van der Waals surface area contributed by atoms with E-state index in [9.17, 15) is 0 Å². The molecule has 5 nitrogen and oxygen atoms in total. The highest BCUT2D eigenvalue weighted by Gasteiger charge is 2.42. The molecule has 166 valence electrons. The second kappa shape index (κ2) is 9.47. The van der Waals surface area contributed by atoms with E-state index < -0.39 is 0 Å². The number of nitrogens with one attached hydrogen (secondary N) is 1. The molecule has 0 amide bonds. The lowest BCUT2D eigenvalue weighted by Crippen LogP contribution is -2.29. The van der Waals surface area contributed by atoms with Gasteiger partial charge in [-0.3, -0.25) is 4.98 Å². The van der Waals surface area contributed by atoms with E-state index in [0.717, 1.165) is 27.1 Å². The summed E-state index contributed by atoms with van der Waals surface area (Å²) < 4.78 is 11.7. The molecule has 1 aliphatic rings. The van der Waals surface area contributed by atoms with Crippen molar-refractivity contribution < 1.29 is 9.15 Å². The maximum atomic E-state index is 6.44. The minimum absolute atomic E-state index is 0.194. The number of rotatable bonds is 6. The average Bonchev–Trinajstić information content (AvgIpc) is 3.44. The van der Waals surface area contributed by atoms with E-state index in [4.69, 9.17) is 33.0 Å². The summed E-state index contributed by atoms with van der Waals surface area (Å²) in [6, 6.07) is 25.2. The van der Waals surface area contributed by atoms with E-state index in [1.165, 1.54) is 0 Å². The fraction of sp³-hybridized carbons (Fsp3) is 0.120. The molecule has 2 atom stereocenters. The van der Waals surface area contributed by atoms with Gasteiger partial charge in [-0.1, -0.05) is 47.6 Å². The van der Waals surface area contributed by atoms with E-state index in [0.29, 0.717) is 15.9 Å². The Labute approximate surface area is 206 Å². The van der Waals surface area contributed by atoms with Crippen molar-refractivity contribution >= 4 is 46.4 Å². The third-order valence-electron chi connectivity index (χ3n) is 5.37. The second-order valence-corrected chi connectivity index (χ2v) is 9.26. The molecule has 0 radical (unpaired) electrons. The third kappa shape index (κ3) is 4.44. The van der Waals surface area contributed by atoms with Gasteiger partial charge < -0.3 is 19.4 Å². The molecule has 1 fully saturated rings. The summed E-state index contributed by atoms with van der Waals surface area (Å²) in [5.74, 6) is 1.39. The predicted molar refractivity (Wildman–Crippen MR) is 135 cm³/mol. The standard InChI is InChI=1S/C25H20ClN3O2S2/c1-30-20-11-10-16(15-18(20)26)29-24(23(28-25(29)32)19-9-5-6-14-27-19)21-12-13-22(31-21)33-17-7-3-2-4-8-17/h2-15,23-24H,1H3,(H,28,32). The van der Waals surface area contributed by atoms with Crippen LogP contribution < -0.4 is 15.0 Å². The van der Waals surface area contributed by atoms with Crippen LogP contribution in [0.2, 0.25) is 5.02 Å². The van der Waals surface area contributed by atoms with Gasteiger partial charge in [-0.05, 0) is 66.8 Å². The highest BCUT2D eigenvalue weighted by atomic mass is 35.5. The van der Waals surface area contributed by atoms with Crippen LogP contribution >= 0.6 is 35.6 Å². The van der Waals surface area contributed by atoms with Crippen molar-refractivity contribution in [1.82, 2.24) is 10.3 Å². The van der Waals surface area contributed by atoms with Gasteiger partial charge in [0.15, 0.2) is 10.2 Å². The first-order valence-corrected chi connectivity index (χ1v) is 11.9. The van der Waals surface area contributed by atoms with Gasteiger partial charge in [0.1, 0.15) is 17.6 Å². The Morgan fingerprint density at radius 2 is 1.88 bits per heavy atom. The van der Waals surface area contributed by atoms with E-state index in [-0.39, 0.29) is 12.1 Å². The maximum absolute atomic E-state index is 6.44. The van der Waals surface area contributed by atoms with Gasteiger partial charge in [-0.2, -0.15) is 0 Å². The Morgan fingerprint density at radius 1 is 1.06 bits per heavy atom. The van der Waals surface area contributed by atoms with E-state index in [1.54, 1.807) is 25.1 Å². The van der Waals surface area contributed by atoms with Crippen LogP contribution in [0.15, 0.2) is 99.5 Å². The van der Waals surface area contributed by atoms with Crippen LogP contribution in [0, 0.1) is 0 Å². The molecular formula is C25H20ClN3O2S2. The lowest BCUT2D eigenvalue weighted by molar-refractivity contribution is 0.383. The number of ether oxygens (including phenoxy) is 1. The van der Waals surface area contributed by atoms with Crippen molar-refractivity contribution in [2.75, 3.05) is 12.0 Å². The molecule has 2 unspecified atom stereocenters. The highest BCUT2D eigenvalue weighted by Crippen LogP contribution is 2.44. The number of aromatic nitrogens is 1. The number of benzene rings is 2. The molecule has 3 heterocycles. The zero-order valence-electron chi connectivity index (χ0n) is 17.6. The zero-order valence-corrected chi connectivity index (χ0v) is 20.0. The largest absolute Gasteiger partial charge is 0.495 e. The van der Waals surface area contributed by atoms with Crippen LogP contribution in [0.5, 0.6) is 5.75 Å². The SMILES string of the molecule is COc1ccc(N2C(=S)NC(c3ccccn3)C2c2ccc(Sc3ccccc3)o2)cc1Cl. The van der Waals surface area contributed by atoms with Crippen molar-refractivity contribution in [1.29, 1.82) is 0 Å². The molecule has 0 bridgehead atoms. The number of pyridine rings is 1. The van der Waals surface area contributed by atoms with Gasteiger partial charge in [-0.15, -0.1) is 0 Å². The van der Waals surface area contributed by atoms with Crippen molar-refractivity contribution in [2.45, 2.75) is 22.1 Å². The smallest absolute Gasteiger partial charge is 0.174 e. The molecule has 0 spiro atoms. The minimum Gasteiger partial charge on any atom is -0.495 e. The van der Waals surface area contributed by atoms with Gasteiger partial charge >= 0.3 is 0 Å². The molecule has 2 aromatic carbocycles. The molecule has 2 aromatic heterocycles. The summed E-state index contributed by atoms with van der Waals surface area (Å²) >= 11 is 13.8. The number of hydrogen-bond donors (Lipinski definition) is 1. The van der Waals surface area contributed by atoms with Crippen LogP contribution in [0.1, 0.15) is 23.5 Å². The number of thiocarbonyl (C=S) groups is 1. The summed E-state index contributed by atoms with van der Waals surface area (Å²) in [6.45, 7) is 0. The minimum atomic E-state index is -0.248. The van der Waals surface area contributed by atoms with Gasteiger partial charge in [0.25, 0.3) is 0 Å². The molecular weight excluding hydrogens is 474 g/mol. The molecule has 4 aromatic rings. The Hall–Kier alpha value is -3.00. The highest BCUT2D eigenvalue weighted by molar-refractivity contribution is 7.99. The van der Waals surface area contributed by atoms with Crippen LogP contribution in [-0.4, -0.2) is 17.2 Å². The lowest BCUT2D eigenvalue weighted by atomic mass is 10.0. The number of methoxy groups -OCH3 is 1. The number of anilines is 1. The predicted octanol–water partition coefficient (Wildman–Crippen LogP) is 6.66. The zero-order chi connectivity index (χ0) is 22.8. The first kappa shape index (κ1) is 21.8. The van der Waals surface area contributed by atoms with Gasteiger partial charge in [0.2, 0.25) is 0 Å². The molecule has 0 aliphatic carbocycles. The molecule has 1 aliphatic heterocycles. The van der Waals surface area contributed by atoms with Crippen molar-refractivity contribution in [3.05, 3.63) is 102 Å². The van der Waals surface area contributed by atoms with E-state index >= 15 is 0 Å². The molecule has 5 rings (SSSR count). The quantitative estimate of drug-likeness (QED) is 0.301. The number of nitrogens with zero attached hydrogens (tertiary/aromatic N) is 2. The van der Waals surface area contributed by atoms with Crippen LogP contribution in [0.3, 0.4) is 0 Å². The average molecular weight is 494 g/mol. The van der Waals surface area contributed by atoms with E-state index in [1.807, 2.05) is 71.6 Å². The Bertz CT molecular complexity index is 1270. The van der Waals surface area contributed by atoms with Crippen molar-refractivity contribution in [3.63, 3.8) is 0 Å². The third-order valence-corrected chi connectivity index (χ3v) is 6.91. The summed E-state index contributed by atoms with van der Waals surface area (Å²) in [6.07, 6.45) is 1.78. The number of halogens is 1. The van der Waals surface area contributed by atoms with Gasteiger partial charge in [-0.25, -0.2) is 0 Å². The summed E-state index contributed by atoms with van der Waals surface area (Å²) in [7, 11) is 1.59. The molecule has 33 heavy (non-hydrogen) atoms. The maximum Gasteiger partial charge on any atom is 0.174 e. The molecule has 0 saturated carbocycles. The Morgan fingerprint density at radius 3 is 2.61 bits per heavy atom. The fourth-order valence-corrected chi connectivity index (χ4v) is 5.28. The summed E-state index contributed by atoms with van der Waals surface area (Å²) in [4.78, 5) is 7.71. The Balaban J connectivity index is 1.54. The normalized spacial score (nSPS) is 17.8. The van der Waals surface area contributed by atoms with Crippen LogP contribution in [0.25, 0.3) is 0 Å². The number of hydrogen-bond acceptors (Lipinski definition) is 5. The fourth-order valence-electron chi connectivity index (χ4n) is 3.88. The monoisotopic (exact) mass is 493 g/mol. The molecule has 1 N–H and O–H groups in total. The van der Waals surface area contributed by atoms with E-state index in [2.05, 4.69) is 22.4 Å². The van der Waals surface area contributed by atoms with Crippen molar-refractivity contribution in [3.8, 4) is 5.75 Å². The summed E-state index contributed by atoms with van der Waals surface area (Å²) in [5, 5.41) is 5.32. The molecule has 1 saturated heterocycles. The first-order chi connectivity index (χ1) is 16.1. The van der Waals surface area contributed by atoms with Crippen LogP contribution in [0.4, 0.5) is 5.69 Å². The van der Waals surface area contributed by atoms with Gasteiger partial charge in [0.05, 0.1) is 23.9 Å². The Kier molecular flexibility index (Phi) is 6.26. The number of furan rings is 1. The lowest BCUT2D eigenvalue weighted by Gasteiger charge is -2.26. The summed E-state index contributed by atoms with van der Waals surface area (Å²) in [5.41, 5.74) is 1.72. The van der Waals surface area contributed by atoms with Crippen LogP contribution in [-0.2, 0) is 0 Å². The first-order valence-electron chi connectivity index (χ1n) is 10.3. The molecule has 8 heteroatoms. The second-order valence-electron chi connectivity index (χ2n) is 7.39. The van der Waals surface area contributed by atoms with Crippen molar-refractivity contribution in [2.24, 2.45) is 0 Å².